The Morgan fingerprint density at radius 1 is 1.37 bits per heavy atom. The highest BCUT2D eigenvalue weighted by atomic mass is 16.1. The van der Waals surface area contributed by atoms with Gasteiger partial charge in [-0.15, -0.1) is 0 Å². The molecule has 0 radical (unpaired) electrons. The van der Waals surface area contributed by atoms with Crippen LogP contribution in [0.3, 0.4) is 0 Å². The number of carbonyl (C=O) groups excluding carboxylic acids is 1. The van der Waals surface area contributed by atoms with Gasteiger partial charge in [0, 0.05) is 18.7 Å². The smallest absolute Gasteiger partial charge is 0.224 e. The molecule has 1 aromatic carbocycles. The molecule has 0 unspecified atom stereocenters. The lowest BCUT2D eigenvalue weighted by atomic mass is 9.70. The highest BCUT2D eigenvalue weighted by Gasteiger charge is 2.31. The van der Waals surface area contributed by atoms with Crippen LogP contribution < -0.4 is 16.4 Å². The van der Waals surface area contributed by atoms with Crippen LogP contribution in [0.5, 0.6) is 0 Å². The molecule has 0 aromatic heterocycles. The normalized spacial score (nSPS) is 20.2. The van der Waals surface area contributed by atoms with Crippen LogP contribution in [0.15, 0.2) is 12.1 Å². The third-order valence-electron chi connectivity index (χ3n) is 4.44. The molecule has 1 aromatic rings. The van der Waals surface area contributed by atoms with Crippen molar-refractivity contribution in [2.45, 2.75) is 39.0 Å². The summed E-state index contributed by atoms with van der Waals surface area (Å²) in [5.74, 6) is 0.0783. The van der Waals surface area contributed by atoms with Crippen LogP contribution in [0.25, 0.3) is 0 Å². The van der Waals surface area contributed by atoms with Gasteiger partial charge in [0.15, 0.2) is 0 Å². The fourth-order valence-corrected chi connectivity index (χ4v) is 2.86. The molecule has 4 N–H and O–H groups in total. The number of fused-ring (bicyclic) bond motifs is 1. The van der Waals surface area contributed by atoms with E-state index in [-0.39, 0.29) is 5.91 Å². The molecule has 4 heteroatoms. The van der Waals surface area contributed by atoms with Crippen molar-refractivity contribution in [1.82, 2.24) is 0 Å². The van der Waals surface area contributed by atoms with Crippen molar-refractivity contribution in [2.75, 3.05) is 22.9 Å². The van der Waals surface area contributed by atoms with Crippen molar-refractivity contribution in [1.29, 1.82) is 0 Å². The van der Waals surface area contributed by atoms with Crippen LogP contribution >= 0.6 is 0 Å². The number of aryl methyl sites for hydroxylation is 1. The summed E-state index contributed by atoms with van der Waals surface area (Å²) in [6.07, 6.45) is 5.28. The van der Waals surface area contributed by atoms with E-state index in [1.807, 2.05) is 6.07 Å². The number of benzene rings is 1. The number of nitrogens with two attached hydrogens (primary N) is 1. The molecule has 1 amide bonds. The molecule has 3 rings (SSSR count). The minimum atomic E-state index is 0.0783. The average Bonchev–Trinajstić information content (AvgIpc) is 2.34. The summed E-state index contributed by atoms with van der Waals surface area (Å²) < 4.78 is 0. The molecule has 0 bridgehead atoms. The standard InChI is InChI=1S/C15H21N3O/c1-15(5-2-6-15)9-17-13-7-10-3-4-14(19)18-12(10)8-11(13)16/h7-8,17H,2-6,9,16H2,1H3,(H,18,19). The van der Waals surface area contributed by atoms with Crippen LogP contribution in [0.2, 0.25) is 0 Å². The maximum Gasteiger partial charge on any atom is 0.224 e. The highest BCUT2D eigenvalue weighted by Crippen LogP contribution is 2.41. The molecule has 19 heavy (non-hydrogen) atoms. The molecule has 4 nitrogen and oxygen atoms in total. The first-order chi connectivity index (χ1) is 9.06. The predicted molar refractivity (Wildman–Crippen MR) is 78.3 cm³/mol. The summed E-state index contributed by atoms with van der Waals surface area (Å²) in [6.45, 7) is 3.29. The van der Waals surface area contributed by atoms with E-state index >= 15 is 0 Å². The van der Waals surface area contributed by atoms with E-state index in [0.717, 1.165) is 24.3 Å². The summed E-state index contributed by atoms with van der Waals surface area (Å²) in [6, 6.07) is 3.96. The SMILES string of the molecule is CC1(CNc2cc3c(cc2N)NC(=O)CC3)CCC1. The second-order valence-corrected chi connectivity index (χ2v) is 6.16. The van der Waals surface area contributed by atoms with E-state index in [9.17, 15) is 4.79 Å². The number of anilines is 3. The second kappa shape index (κ2) is 4.44. The first-order valence-corrected chi connectivity index (χ1v) is 7.02. The summed E-state index contributed by atoms with van der Waals surface area (Å²) in [4.78, 5) is 11.4. The Labute approximate surface area is 113 Å². The van der Waals surface area contributed by atoms with E-state index < -0.39 is 0 Å². The largest absolute Gasteiger partial charge is 0.397 e. The number of amides is 1. The first kappa shape index (κ1) is 12.3. The quantitative estimate of drug-likeness (QED) is 0.731. The number of rotatable bonds is 3. The number of nitrogen functional groups attached to an aromatic ring is 1. The molecule has 0 atom stereocenters. The zero-order chi connectivity index (χ0) is 13.5. The Kier molecular flexibility index (Phi) is 2.88. The summed E-state index contributed by atoms with van der Waals surface area (Å²) in [5.41, 5.74) is 10.3. The van der Waals surface area contributed by atoms with Gasteiger partial charge in [0.2, 0.25) is 5.91 Å². The minimum absolute atomic E-state index is 0.0783. The van der Waals surface area contributed by atoms with Crippen molar-refractivity contribution in [3.05, 3.63) is 17.7 Å². The molecular formula is C15H21N3O. The number of hydrogen-bond acceptors (Lipinski definition) is 3. The Balaban J connectivity index is 1.76. The van der Waals surface area contributed by atoms with Gasteiger partial charge in [0.1, 0.15) is 0 Å². The molecular weight excluding hydrogens is 238 g/mol. The van der Waals surface area contributed by atoms with Crippen molar-refractivity contribution in [3.8, 4) is 0 Å². The second-order valence-electron chi connectivity index (χ2n) is 6.16. The lowest BCUT2D eigenvalue weighted by Gasteiger charge is -2.39. The molecule has 1 saturated carbocycles. The Morgan fingerprint density at radius 3 is 2.84 bits per heavy atom. The Hall–Kier alpha value is -1.71. The van der Waals surface area contributed by atoms with Crippen molar-refractivity contribution in [3.63, 3.8) is 0 Å². The monoisotopic (exact) mass is 259 g/mol. The Bertz CT molecular complexity index is 520. The van der Waals surface area contributed by atoms with E-state index in [1.54, 1.807) is 0 Å². The third-order valence-corrected chi connectivity index (χ3v) is 4.44. The van der Waals surface area contributed by atoms with Gasteiger partial charge in [-0.25, -0.2) is 0 Å². The maximum absolute atomic E-state index is 11.4. The zero-order valence-electron chi connectivity index (χ0n) is 11.4. The van der Waals surface area contributed by atoms with Gasteiger partial charge >= 0.3 is 0 Å². The van der Waals surface area contributed by atoms with Gasteiger partial charge in [0.25, 0.3) is 0 Å². The fraction of sp³-hybridized carbons (Fsp3) is 0.533. The summed E-state index contributed by atoms with van der Waals surface area (Å²) >= 11 is 0. The summed E-state index contributed by atoms with van der Waals surface area (Å²) in [5, 5.41) is 6.35. The highest BCUT2D eigenvalue weighted by molar-refractivity contribution is 5.95. The van der Waals surface area contributed by atoms with Gasteiger partial charge in [0.05, 0.1) is 11.4 Å². The molecule has 2 aliphatic rings. The van der Waals surface area contributed by atoms with Crippen molar-refractivity contribution < 1.29 is 4.79 Å². The van der Waals surface area contributed by atoms with Crippen molar-refractivity contribution >= 4 is 23.0 Å². The Morgan fingerprint density at radius 2 is 2.16 bits per heavy atom. The zero-order valence-corrected chi connectivity index (χ0v) is 11.4. The van der Waals surface area contributed by atoms with Gasteiger partial charge in [-0.2, -0.15) is 0 Å². The fourth-order valence-electron chi connectivity index (χ4n) is 2.86. The molecule has 0 spiro atoms. The van der Waals surface area contributed by atoms with E-state index in [0.29, 0.717) is 17.5 Å². The van der Waals surface area contributed by atoms with Crippen LogP contribution in [0, 0.1) is 5.41 Å². The third kappa shape index (κ3) is 2.39. The molecule has 1 aliphatic carbocycles. The van der Waals surface area contributed by atoms with Crippen LogP contribution in [0.1, 0.15) is 38.2 Å². The van der Waals surface area contributed by atoms with Crippen LogP contribution in [-0.2, 0) is 11.2 Å². The minimum Gasteiger partial charge on any atom is -0.397 e. The van der Waals surface area contributed by atoms with Crippen molar-refractivity contribution in [2.24, 2.45) is 5.41 Å². The maximum atomic E-state index is 11.4. The number of nitrogens with one attached hydrogen (secondary N) is 2. The van der Waals surface area contributed by atoms with Gasteiger partial charge < -0.3 is 16.4 Å². The lowest BCUT2D eigenvalue weighted by Crippen LogP contribution is -2.33. The topological polar surface area (TPSA) is 67.2 Å². The van der Waals surface area contributed by atoms with E-state index in [2.05, 4.69) is 23.6 Å². The molecule has 1 heterocycles. The number of carbonyl (C=O) groups is 1. The molecule has 1 aliphatic heterocycles. The predicted octanol–water partition coefficient (Wildman–Crippen LogP) is 2.76. The number of hydrogen-bond donors (Lipinski definition) is 3. The first-order valence-electron chi connectivity index (χ1n) is 7.02. The van der Waals surface area contributed by atoms with Crippen LogP contribution in [0.4, 0.5) is 17.1 Å². The molecule has 102 valence electrons. The average molecular weight is 259 g/mol. The molecule has 1 fully saturated rings. The molecule has 0 saturated heterocycles. The van der Waals surface area contributed by atoms with Gasteiger partial charge in [-0.05, 0) is 42.4 Å². The summed E-state index contributed by atoms with van der Waals surface area (Å²) in [7, 11) is 0. The van der Waals surface area contributed by atoms with E-state index in [4.69, 9.17) is 5.73 Å². The lowest BCUT2D eigenvalue weighted by molar-refractivity contribution is -0.116. The van der Waals surface area contributed by atoms with Crippen LogP contribution in [-0.4, -0.2) is 12.5 Å². The van der Waals surface area contributed by atoms with Gasteiger partial charge in [-0.3, -0.25) is 4.79 Å². The van der Waals surface area contributed by atoms with E-state index in [1.165, 1.54) is 24.8 Å². The van der Waals surface area contributed by atoms with Gasteiger partial charge in [-0.1, -0.05) is 13.3 Å².